The van der Waals surface area contributed by atoms with Crippen molar-refractivity contribution in [2.45, 2.75) is 6.54 Å². The SMILES string of the molecule is O=c1[nH]c2ccc(-n3nnc4c(F)cc(-c5ccnn5Cc5ccc(Cl)cc5Cl)cc43)cc2[nH]1. The van der Waals surface area contributed by atoms with Gasteiger partial charge >= 0.3 is 5.69 Å². The van der Waals surface area contributed by atoms with E-state index in [0.29, 0.717) is 50.1 Å². The van der Waals surface area contributed by atoms with Crippen LogP contribution in [0, 0.1) is 5.82 Å². The first-order chi connectivity index (χ1) is 16.5. The second-order valence-electron chi connectivity index (χ2n) is 7.75. The van der Waals surface area contributed by atoms with E-state index in [1.54, 1.807) is 53.3 Å². The van der Waals surface area contributed by atoms with Crippen molar-refractivity contribution in [2.24, 2.45) is 0 Å². The molecule has 0 unspecified atom stereocenters. The molecule has 0 atom stereocenters. The highest BCUT2D eigenvalue weighted by atomic mass is 35.5. The van der Waals surface area contributed by atoms with Gasteiger partial charge in [-0.2, -0.15) is 5.10 Å². The van der Waals surface area contributed by atoms with E-state index in [-0.39, 0.29) is 11.2 Å². The number of halogens is 3. The number of H-pyrrole nitrogens is 2. The molecule has 0 aliphatic heterocycles. The van der Waals surface area contributed by atoms with Gasteiger partial charge in [0.15, 0.2) is 5.82 Å². The van der Waals surface area contributed by atoms with E-state index in [9.17, 15) is 4.79 Å². The van der Waals surface area contributed by atoms with E-state index in [0.717, 1.165) is 5.56 Å². The largest absolute Gasteiger partial charge is 0.323 e. The highest BCUT2D eigenvalue weighted by Gasteiger charge is 2.17. The van der Waals surface area contributed by atoms with Gasteiger partial charge in [-0.25, -0.2) is 13.9 Å². The predicted octanol–water partition coefficient (Wildman–Crippen LogP) is 4.95. The van der Waals surface area contributed by atoms with Crippen molar-refractivity contribution in [2.75, 3.05) is 0 Å². The molecule has 11 heteroatoms. The number of nitrogens with zero attached hydrogens (tertiary/aromatic N) is 5. The van der Waals surface area contributed by atoms with Gasteiger partial charge in [-0.1, -0.05) is 34.5 Å². The summed E-state index contributed by atoms with van der Waals surface area (Å²) >= 11 is 12.3. The number of nitrogens with one attached hydrogen (secondary N) is 2. The summed E-state index contributed by atoms with van der Waals surface area (Å²) in [6.45, 7) is 0.382. The monoisotopic (exact) mass is 493 g/mol. The first-order valence-electron chi connectivity index (χ1n) is 10.2. The minimum atomic E-state index is -0.507. The van der Waals surface area contributed by atoms with E-state index >= 15 is 4.39 Å². The number of aromatic amines is 2. The van der Waals surface area contributed by atoms with Crippen molar-refractivity contribution in [1.82, 2.24) is 34.7 Å². The van der Waals surface area contributed by atoms with Gasteiger partial charge in [-0.15, -0.1) is 5.10 Å². The van der Waals surface area contributed by atoms with E-state index in [1.165, 1.54) is 10.7 Å². The number of imidazole rings is 1. The standard InChI is InChI=1S/C23H14Cl2FN7O/c24-14-2-1-12(16(25)9-14)11-32-20(5-6-27-32)13-7-17(26)22-21(8-13)33(31-30-22)15-3-4-18-19(10-15)29-23(34)28-18/h1-10H,11H2,(H2,28,29,34). The topological polar surface area (TPSA) is 97.2 Å². The third-order valence-corrected chi connectivity index (χ3v) is 6.18. The molecule has 0 saturated heterocycles. The van der Waals surface area contributed by atoms with Gasteiger partial charge in [0.25, 0.3) is 0 Å². The summed E-state index contributed by atoms with van der Waals surface area (Å²) in [6, 6.07) is 15.6. The minimum Gasteiger partial charge on any atom is -0.306 e. The molecule has 6 rings (SSSR count). The number of aromatic nitrogens is 7. The summed E-state index contributed by atoms with van der Waals surface area (Å²) in [5, 5.41) is 13.6. The molecular weight excluding hydrogens is 480 g/mol. The number of rotatable bonds is 4. The lowest BCUT2D eigenvalue weighted by molar-refractivity contribution is 0.635. The summed E-state index contributed by atoms with van der Waals surface area (Å²) in [4.78, 5) is 17.0. The maximum absolute atomic E-state index is 15.1. The van der Waals surface area contributed by atoms with Crippen LogP contribution >= 0.6 is 23.2 Å². The van der Waals surface area contributed by atoms with E-state index in [2.05, 4.69) is 25.4 Å². The average Bonchev–Trinajstić information content (AvgIpc) is 3.52. The van der Waals surface area contributed by atoms with Crippen molar-refractivity contribution in [1.29, 1.82) is 0 Å². The third kappa shape index (κ3) is 3.46. The Morgan fingerprint density at radius 3 is 2.68 bits per heavy atom. The van der Waals surface area contributed by atoms with Crippen molar-refractivity contribution < 1.29 is 4.39 Å². The Balaban J connectivity index is 1.45. The van der Waals surface area contributed by atoms with Crippen LogP contribution in [-0.2, 0) is 6.54 Å². The summed E-state index contributed by atoms with van der Waals surface area (Å²) in [7, 11) is 0. The van der Waals surface area contributed by atoms with Gasteiger partial charge in [0.2, 0.25) is 0 Å². The van der Waals surface area contributed by atoms with Crippen molar-refractivity contribution >= 4 is 45.3 Å². The van der Waals surface area contributed by atoms with Crippen LogP contribution in [0.15, 0.2) is 65.6 Å². The fourth-order valence-corrected chi connectivity index (χ4v) is 4.46. The Kier molecular flexibility index (Phi) is 4.75. The predicted molar refractivity (Wildman–Crippen MR) is 128 cm³/mol. The normalized spacial score (nSPS) is 11.6. The molecule has 3 aromatic carbocycles. The summed E-state index contributed by atoms with van der Waals surface area (Å²) in [6.07, 6.45) is 1.65. The lowest BCUT2D eigenvalue weighted by Crippen LogP contribution is -2.04. The van der Waals surface area contributed by atoms with Crippen molar-refractivity contribution in [3.05, 3.63) is 92.7 Å². The molecule has 0 fully saturated rings. The quantitative estimate of drug-likeness (QED) is 0.363. The second kappa shape index (κ2) is 7.82. The molecule has 8 nitrogen and oxygen atoms in total. The van der Waals surface area contributed by atoms with Crippen LogP contribution in [0.25, 0.3) is 39.0 Å². The second-order valence-corrected chi connectivity index (χ2v) is 8.59. The maximum atomic E-state index is 15.1. The lowest BCUT2D eigenvalue weighted by Gasteiger charge is -2.10. The Labute approximate surface area is 200 Å². The first-order valence-corrected chi connectivity index (χ1v) is 11.0. The van der Waals surface area contributed by atoms with Crippen LogP contribution in [0.3, 0.4) is 0 Å². The minimum absolute atomic E-state index is 0.137. The zero-order chi connectivity index (χ0) is 23.4. The molecule has 0 saturated carbocycles. The van der Waals surface area contributed by atoms with Gasteiger partial charge < -0.3 is 9.97 Å². The summed E-state index contributed by atoms with van der Waals surface area (Å²) < 4.78 is 18.3. The van der Waals surface area contributed by atoms with E-state index in [4.69, 9.17) is 23.2 Å². The van der Waals surface area contributed by atoms with E-state index in [1.807, 2.05) is 6.07 Å². The number of fused-ring (bicyclic) bond motifs is 2. The molecular formula is C23H14Cl2FN7O. The Bertz CT molecular complexity index is 1760. The highest BCUT2D eigenvalue weighted by Crippen LogP contribution is 2.29. The summed E-state index contributed by atoms with van der Waals surface area (Å²) in [5.74, 6) is -0.507. The molecule has 34 heavy (non-hydrogen) atoms. The van der Waals surface area contributed by atoms with Crippen LogP contribution in [0.4, 0.5) is 4.39 Å². The number of hydrogen-bond donors (Lipinski definition) is 2. The van der Waals surface area contributed by atoms with Crippen LogP contribution in [0.5, 0.6) is 0 Å². The lowest BCUT2D eigenvalue weighted by atomic mass is 10.1. The molecule has 0 bridgehead atoms. The molecule has 6 aromatic rings. The van der Waals surface area contributed by atoms with E-state index < -0.39 is 5.82 Å². The van der Waals surface area contributed by atoms with Gasteiger partial charge in [-0.3, -0.25) is 4.68 Å². The van der Waals surface area contributed by atoms with Crippen LogP contribution in [0.2, 0.25) is 10.0 Å². The first kappa shape index (κ1) is 20.6. The molecule has 0 amide bonds. The molecule has 2 N–H and O–H groups in total. The average molecular weight is 494 g/mol. The van der Waals surface area contributed by atoms with Crippen LogP contribution in [0.1, 0.15) is 5.56 Å². The van der Waals surface area contributed by atoms with Gasteiger partial charge in [0.05, 0.1) is 34.5 Å². The zero-order valence-electron chi connectivity index (χ0n) is 17.3. The molecule has 0 spiro atoms. The Morgan fingerprint density at radius 2 is 1.82 bits per heavy atom. The molecule has 0 aliphatic rings. The van der Waals surface area contributed by atoms with Crippen molar-refractivity contribution in [3.8, 4) is 16.9 Å². The molecule has 168 valence electrons. The smallest absolute Gasteiger partial charge is 0.306 e. The van der Waals surface area contributed by atoms with Crippen molar-refractivity contribution in [3.63, 3.8) is 0 Å². The Hall–Kier alpha value is -3.95. The molecule has 3 aromatic heterocycles. The number of hydrogen-bond acceptors (Lipinski definition) is 4. The van der Waals surface area contributed by atoms with Gasteiger partial charge in [-0.05, 0) is 54.1 Å². The van der Waals surface area contributed by atoms with Crippen LogP contribution < -0.4 is 5.69 Å². The summed E-state index contributed by atoms with van der Waals surface area (Å²) in [5.41, 5.74) is 4.34. The van der Waals surface area contributed by atoms with Gasteiger partial charge in [0, 0.05) is 21.8 Å². The molecule has 0 radical (unpaired) electrons. The third-order valence-electron chi connectivity index (χ3n) is 5.60. The van der Waals surface area contributed by atoms with Gasteiger partial charge in [0.1, 0.15) is 5.52 Å². The Morgan fingerprint density at radius 1 is 0.971 bits per heavy atom. The zero-order valence-corrected chi connectivity index (χ0v) is 18.8. The maximum Gasteiger partial charge on any atom is 0.323 e. The number of benzene rings is 3. The highest BCUT2D eigenvalue weighted by molar-refractivity contribution is 6.35. The fraction of sp³-hybridized carbons (Fsp3) is 0.0435. The van der Waals surface area contributed by atoms with Crippen LogP contribution in [-0.4, -0.2) is 34.7 Å². The molecule has 3 heterocycles. The fourth-order valence-electron chi connectivity index (χ4n) is 3.99. The molecule has 0 aliphatic carbocycles.